The number of nitrogens with zero attached hydrogens (tertiary/aromatic N) is 2. The summed E-state index contributed by atoms with van der Waals surface area (Å²) in [6.07, 6.45) is 2.36. The van der Waals surface area contributed by atoms with Crippen LogP contribution in [0.3, 0.4) is 0 Å². The Bertz CT molecular complexity index is 856. The minimum Gasteiger partial charge on any atom is -0.478 e. The molecule has 0 aliphatic heterocycles. The molecule has 0 aliphatic carbocycles. The molecule has 5 nitrogen and oxygen atoms in total. The van der Waals surface area contributed by atoms with Gasteiger partial charge < -0.3 is 10.1 Å². The Morgan fingerprint density at radius 3 is 2.52 bits per heavy atom. The second-order valence-corrected chi connectivity index (χ2v) is 5.16. The largest absolute Gasteiger partial charge is 0.478 e. The first kappa shape index (κ1) is 17.8. The van der Waals surface area contributed by atoms with Gasteiger partial charge in [-0.2, -0.15) is 10.5 Å². The highest BCUT2D eigenvalue weighted by molar-refractivity contribution is 6.09. The van der Waals surface area contributed by atoms with Gasteiger partial charge in [-0.15, -0.1) is 0 Å². The van der Waals surface area contributed by atoms with E-state index in [4.69, 9.17) is 10.00 Å². The lowest BCUT2D eigenvalue weighted by molar-refractivity contribution is -0.112. The molecule has 0 saturated carbocycles. The molecule has 25 heavy (non-hydrogen) atoms. The van der Waals surface area contributed by atoms with Gasteiger partial charge in [-0.1, -0.05) is 37.3 Å². The van der Waals surface area contributed by atoms with E-state index in [0.717, 1.165) is 12.0 Å². The third-order valence-corrected chi connectivity index (χ3v) is 3.50. The van der Waals surface area contributed by atoms with Crippen LogP contribution in [-0.4, -0.2) is 12.5 Å². The lowest BCUT2D eigenvalue weighted by atomic mass is 10.1. The molecule has 124 valence electrons. The molecule has 5 heteroatoms. The highest BCUT2D eigenvalue weighted by atomic mass is 16.5. The lowest BCUT2D eigenvalue weighted by Crippen LogP contribution is -2.13. The molecule has 0 radical (unpaired) electrons. The molecule has 2 aromatic carbocycles. The van der Waals surface area contributed by atoms with E-state index < -0.39 is 5.91 Å². The molecule has 0 aromatic heterocycles. The van der Waals surface area contributed by atoms with Crippen LogP contribution in [-0.2, 0) is 11.2 Å². The third kappa shape index (κ3) is 4.95. The molecule has 1 amide bonds. The predicted molar refractivity (Wildman–Crippen MR) is 95.6 cm³/mol. The van der Waals surface area contributed by atoms with Gasteiger partial charge in [-0.25, -0.2) is 0 Å². The number of hydrogen-bond acceptors (Lipinski definition) is 4. The van der Waals surface area contributed by atoms with Crippen molar-refractivity contribution < 1.29 is 9.53 Å². The quantitative estimate of drug-likeness (QED) is 0.646. The van der Waals surface area contributed by atoms with Gasteiger partial charge in [0, 0.05) is 11.3 Å². The Labute approximate surface area is 146 Å². The van der Waals surface area contributed by atoms with E-state index in [1.54, 1.807) is 36.4 Å². The standard InChI is InChI=1S/C20H17N3O2/c1-2-15-7-9-18(10-8-15)23-20(24)17(14-22)13-16-5-3-4-6-19(16)25-12-11-21/h3-10,13H,2,12H2,1H3,(H,23,24)/b17-13+. The summed E-state index contributed by atoms with van der Waals surface area (Å²) >= 11 is 0. The first-order valence-electron chi connectivity index (χ1n) is 7.78. The van der Waals surface area contributed by atoms with E-state index in [1.165, 1.54) is 6.08 Å². The van der Waals surface area contributed by atoms with E-state index in [1.807, 2.05) is 24.3 Å². The van der Waals surface area contributed by atoms with Gasteiger partial charge in [0.1, 0.15) is 23.5 Å². The van der Waals surface area contributed by atoms with Crippen molar-refractivity contribution >= 4 is 17.7 Å². The van der Waals surface area contributed by atoms with Crippen molar-refractivity contribution in [2.24, 2.45) is 0 Å². The van der Waals surface area contributed by atoms with Crippen LogP contribution in [0.4, 0.5) is 5.69 Å². The minimum atomic E-state index is -0.498. The molecule has 0 saturated heterocycles. The minimum absolute atomic E-state index is 0.0485. The summed E-state index contributed by atoms with van der Waals surface area (Å²) < 4.78 is 5.31. The Morgan fingerprint density at radius 2 is 1.88 bits per heavy atom. The van der Waals surface area contributed by atoms with Crippen LogP contribution >= 0.6 is 0 Å². The van der Waals surface area contributed by atoms with Crippen LogP contribution in [0.1, 0.15) is 18.1 Å². The van der Waals surface area contributed by atoms with Crippen molar-refractivity contribution in [3.05, 3.63) is 65.2 Å². The second kappa shape index (κ2) is 8.90. The maximum atomic E-state index is 12.3. The highest BCUT2D eigenvalue weighted by Gasteiger charge is 2.11. The molecule has 0 atom stereocenters. The average molecular weight is 331 g/mol. The fraction of sp³-hybridized carbons (Fsp3) is 0.150. The zero-order chi connectivity index (χ0) is 18.1. The van der Waals surface area contributed by atoms with Gasteiger partial charge in [-0.05, 0) is 36.3 Å². The van der Waals surface area contributed by atoms with Crippen LogP contribution in [0.5, 0.6) is 5.75 Å². The SMILES string of the molecule is CCc1ccc(NC(=O)/C(C#N)=C/c2ccccc2OCC#N)cc1. The van der Waals surface area contributed by atoms with Crippen LogP contribution in [0.15, 0.2) is 54.1 Å². The number of para-hydroxylation sites is 1. The molecular formula is C20H17N3O2. The summed E-state index contributed by atoms with van der Waals surface area (Å²) in [5.74, 6) is -0.0567. The summed E-state index contributed by atoms with van der Waals surface area (Å²) in [6.45, 7) is 1.94. The van der Waals surface area contributed by atoms with E-state index in [2.05, 4.69) is 12.2 Å². The Morgan fingerprint density at radius 1 is 1.16 bits per heavy atom. The van der Waals surface area contributed by atoms with E-state index in [-0.39, 0.29) is 12.2 Å². The Balaban J connectivity index is 2.21. The molecule has 0 fully saturated rings. The number of carbonyl (C=O) groups is 1. The molecule has 0 bridgehead atoms. The molecule has 0 heterocycles. The summed E-state index contributed by atoms with van der Waals surface area (Å²) in [5.41, 5.74) is 2.30. The normalized spacial score (nSPS) is 10.4. The van der Waals surface area contributed by atoms with Gasteiger partial charge >= 0.3 is 0 Å². The van der Waals surface area contributed by atoms with Crippen molar-refractivity contribution in [2.75, 3.05) is 11.9 Å². The number of hydrogen-bond donors (Lipinski definition) is 1. The lowest BCUT2D eigenvalue weighted by Gasteiger charge is -2.07. The van der Waals surface area contributed by atoms with E-state index in [0.29, 0.717) is 17.0 Å². The zero-order valence-corrected chi connectivity index (χ0v) is 13.8. The number of carbonyl (C=O) groups excluding carboxylic acids is 1. The Kier molecular flexibility index (Phi) is 6.33. The molecular weight excluding hydrogens is 314 g/mol. The smallest absolute Gasteiger partial charge is 0.266 e. The first-order valence-corrected chi connectivity index (χ1v) is 7.78. The maximum Gasteiger partial charge on any atom is 0.266 e. The van der Waals surface area contributed by atoms with Gasteiger partial charge in [0.2, 0.25) is 0 Å². The number of ether oxygens (including phenoxy) is 1. The van der Waals surface area contributed by atoms with Crippen molar-refractivity contribution in [2.45, 2.75) is 13.3 Å². The van der Waals surface area contributed by atoms with Crippen molar-refractivity contribution in [3.8, 4) is 17.9 Å². The molecule has 0 unspecified atom stereocenters. The van der Waals surface area contributed by atoms with Crippen LogP contribution < -0.4 is 10.1 Å². The van der Waals surface area contributed by atoms with Crippen LogP contribution in [0.25, 0.3) is 6.08 Å². The number of benzene rings is 2. The van der Waals surface area contributed by atoms with Crippen LogP contribution in [0.2, 0.25) is 0 Å². The number of nitriles is 2. The van der Waals surface area contributed by atoms with E-state index in [9.17, 15) is 10.1 Å². The number of nitrogens with one attached hydrogen (secondary N) is 1. The molecule has 0 spiro atoms. The number of rotatable bonds is 6. The highest BCUT2D eigenvalue weighted by Crippen LogP contribution is 2.21. The average Bonchev–Trinajstić information content (AvgIpc) is 2.65. The second-order valence-electron chi connectivity index (χ2n) is 5.16. The third-order valence-electron chi connectivity index (χ3n) is 3.50. The predicted octanol–water partition coefficient (Wildman–Crippen LogP) is 3.70. The summed E-state index contributed by atoms with van der Waals surface area (Å²) in [4.78, 5) is 12.3. The van der Waals surface area contributed by atoms with Crippen LogP contribution in [0, 0.1) is 22.7 Å². The summed E-state index contributed by atoms with van der Waals surface area (Å²) in [5, 5.41) is 20.6. The van der Waals surface area contributed by atoms with Crippen molar-refractivity contribution in [1.29, 1.82) is 10.5 Å². The van der Waals surface area contributed by atoms with Crippen molar-refractivity contribution in [1.82, 2.24) is 0 Å². The molecule has 2 aromatic rings. The molecule has 2 rings (SSSR count). The van der Waals surface area contributed by atoms with Gasteiger partial charge in [0.05, 0.1) is 0 Å². The first-order chi connectivity index (χ1) is 12.2. The monoisotopic (exact) mass is 331 g/mol. The Hall–Kier alpha value is -3.57. The van der Waals surface area contributed by atoms with Gasteiger partial charge in [0.25, 0.3) is 5.91 Å². The topological polar surface area (TPSA) is 85.9 Å². The number of anilines is 1. The summed E-state index contributed by atoms with van der Waals surface area (Å²) in [6, 6.07) is 18.2. The summed E-state index contributed by atoms with van der Waals surface area (Å²) in [7, 11) is 0. The fourth-order valence-electron chi connectivity index (χ4n) is 2.17. The molecule has 1 N–H and O–H groups in total. The molecule has 0 aliphatic rings. The zero-order valence-electron chi connectivity index (χ0n) is 13.8. The number of aryl methyl sites for hydroxylation is 1. The number of amides is 1. The maximum absolute atomic E-state index is 12.3. The van der Waals surface area contributed by atoms with E-state index >= 15 is 0 Å². The van der Waals surface area contributed by atoms with Crippen molar-refractivity contribution in [3.63, 3.8) is 0 Å². The fourth-order valence-corrected chi connectivity index (χ4v) is 2.17. The van der Waals surface area contributed by atoms with Gasteiger partial charge in [-0.3, -0.25) is 4.79 Å². The van der Waals surface area contributed by atoms with Gasteiger partial charge in [0.15, 0.2) is 6.61 Å².